The van der Waals surface area contributed by atoms with Crippen molar-refractivity contribution in [1.82, 2.24) is 14.9 Å². The van der Waals surface area contributed by atoms with Gasteiger partial charge < -0.3 is 14.8 Å². The van der Waals surface area contributed by atoms with Crippen LogP contribution in [0, 0.1) is 6.92 Å². The summed E-state index contributed by atoms with van der Waals surface area (Å²) in [5.41, 5.74) is 3.04. The zero-order valence-corrected chi connectivity index (χ0v) is 18.1. The van der Waals surface area contributed by atoms with Gasteiger partial charge in [0, 0.05) is 23.2 Å². The lowest BCUT2D eigenvalue weighted by molar-refractivity contribution is -0.0542. The topological polar surface area (TPSA) is 108 Å². The highest BCUT2D eigenvalue weighted by Gasteiger charge is 2.49. The van der Waals surface area contributed by atoms with E-state index in [1.165, 1.54) is 12.0 Å². The molecule has 0 radical (unpaired) electrons. The number of amides is 2. The number of nitrogens with zero attached hydrogens (tertiary/aromatic N) is 2. The normalized spacial score (nSPS) is 17.3. The molecular weight excluding hydrogens is 420 g/mol. The zero-order valence-electron chi connectivity index (χ0n) is 18.1. The molecule has 166 valence electrons. The van der Waals surface area contributed by atoms with Gasteiger partial charge in [-0.15, -0.1) is 0 Å². The molecule has 4 aromatic rings. The van der Waals surface area contributed by atoms with Crippen molar-refractivity contribution < 1.29 is 19.4 Å². The molecule has 1 aromatic heterocycles. The van der Waals surface area contributed by atoms with Gasteiger partial charge in [0.15, 0.2) is 5.72 Å². The lowest BCUT2D eigenvalue weighted by Crippen LogP contribution is -2.44. The summed E-state index contributed by atoms with van der Waals surface area (Å²) < 4.78 is 4.61. The second-order valence-electron chi connectivity index (χ2n) is 8.03. The zero-order chi connectivity index (χ0) is 23.2. The molecule has 0 saturated carbocycles. The Bertz CT molecular complexity index is 1380. The second-order valence-corrected chi connectivity index (χ2v) is 8.03. The summed E-state index contributed by atoms with van der Waals surface area (Å²) >= 11 is 0. The van der Waals surface area contributed by atoms with Crippen molar-refractivity contribution in [2.75, 3.05) is 12.4 Å². The molecule has 1 unspecified atom stereocenters. The number of anilines is 1. The summed E-state index contributed by atoms with van der Waals surface area (Å²) in [6, 6.07) is 20.2. The van der Waals surface area contributed by atoms with Crippen LogP contribution in [0.1, 0.15) is 32.6 Å². The van der Waals surface area contributed by atoms with Crippen molar-refractivity contribution in [1.29, 1.82) is 0 Å². The minimum absolute atomic E-state index is 0.223. The number of carbonyl (C=O) groups is 2. The van der Waals surface area contributed by atoms with E-state index in [0.717, 1.165) is 11.1 Å². The summed E-state index contributed by atoms with van der Waals surface area (Å²) in [6.45, 7) is 2.24. The first kappa shape index (κ1) is 20.7. The highest BCUT2D eigenvalue weighted by Crippen LogP contribution is 2.43. The number of ether oxygens (including phenoxy) is 1. The molecule has 2 heterocycles. The SMILES string of the molecule is COC(=O)Nc1nc2ccc(C3(O)c4ccccc4C(=O)N3Cc3ccc(C)cc3)cc2[nH]1. The molecule has 0 fully saturated rings. The Hall–Kier alpha value is -4.17. The average Bonchev–Trinajstić information content (AvgIpc) is 3.32. The largest absolute Gasteiger partial charge is 0.453 e. The third kappa shape index (κ3) is 3.41. The van der Waals surface area contributed by atoms with Crippen LogP contribution in [-0.4, -0.2) is 39.1 Å². The number of rotatable bonds is 4. The number of aliphatic hydroxyl groups is 1. The fourth-order valence-corrected chi connectivity index (χ4v) is 4.22. The molecule has 0 aliphatic carbocycles. The van der Waals surface area contributed by atoms with Crippen molar-refractivity contribution in [3.05, 3.63) is 94.5 Å². The van der Waals surface area contributed by atoms with E-state index in [4.69, 9.17) is 0 Å². The van der Waals surface area contributed by atoms with E-state index in [9.17, 15) is 14.7 Å². The van der Waals surface area contributed by atoms with Crippen molar-refractivity contribution in [3.8, 4) is 0 Å². The van der Waals surface area contributed by atoms with Crippen molar-refractivity contribution in [2.24, 2.45) is 0 Å². The van der Waals surface area contributed by atoms with Gasteiger partial charge in [0.25, 0.3) is 5.91 Å². The predicted octanol–water partition coefficient (Wildman–Crippen LogP) is 3.90. The summed E-state index contributed by atoms with van der Waals surface area (Å²) in [4.78, 5) is 33.7. The summed E-state index contributed by atoms with van der Waals surface area (Å²) in [7, 11) is 1.27. The molecule has 33 heavy (non-hydrogen) atoms. The van der Waals surface area contributed by atoms with Gasteiger partial charge in [0.05, 0.1) is 18.1 Å². The monoisotopic (exact) mass is 442 g/mol. The van der Waals surface area contributed by atoms with E-state index in [-0.39, 0.29) is 18.4 Å². The van der Waals surface area contributed by atoms with Crippen LogP contribution in [-0.2, 0) is 17.0 Å². The fourth-order valence-electron chi connectivity index (χ4n) is 4.22. The maximum absolute atomic E-state index is 13.4. The molecule has 0 spiro atoms. The van der Waals surface area contributed by atoms with Crippen molar-refractivity contribution >= 4 is 29.0 Å². The molecule has 3 N–H and O–H groups in total. The van der Waals surface area contributed by atoms with Gasteiger partial charge in [-0.25, -0.2) is 9.78 Å². The first-order valence-corrected chi connectivity index (χ1v) is 10.4. The van der Waals surface area contributed by atoms with Gasteiger partial charge in [0.2, 0.25) is 5.95 Å². The van der Waals surface area contributed by atoms with E-state index in [1.807, 2.05) is 31.2 Å². The number of nitrogens with one attached hydrogen (secondary N) is 2. The molecule has 1 atom stereocenters. The molecule has 1 aliphatic heterocycles. The first-order chi connectivity index (χ1) is 15.9. The Kier molecular flexibility index (Phi) is 4.87. The van der Waals surface area contributed by atoms with Gasteiger partial charge in [-0.1, -0.05) is 54.1 Å². The number of methoxy groups -OCH3 is 1. The molecule has 8 nitrogen and oxygen atoms in total. The second kappa shape index (κ2) is 7.75. The molecule has 3 aromatic carbocycles. The number of imidazole rings is 1. The number of aryl methyl sites for hydroxylation is 1. The third-order valence-electron chi connectivity index (χ3n) is 5.92. The number of carbonyl (C=O) groups excluding carboxylic acids is 2. The smallest absolute Gasteiger partial charge is 0.413 e. The first-order valence-electron chi connectivity index (χ1n) is 10.4. The van der Waals surface area contributed by atoms with E-state index in [2.05, 4.69) is 20.0 Å². The van der Waals surface area contributed by atoms with Crippen molar-refractivity contribution in [3.63, 3.8) is 0 Å². The molecule has 8 heteroatoms. The number of H-pyrrole nitrogens is 1. The van der Waals surface area contributed by atoms with Crippen LogP contribution < -0.4 is 5.32 Å². The lowest BCUT2D eigenvalue weighted by Gasteiger charge is -2.35. The highest BCUT2D eigenvalue weighted by molar-refractivity contribution is 6.00. The van der Waals surface area contributed by atoms with E-state index >= 15 is 0 Å². The number of hydrogen-bond acceptors (Lipinski definition) is 5. The minimum atomic E-state index is -1.67. The van der Waals surface area contributed by atoms with Crippen LogP contribution in [0.5, 0.6) is 0 Å². The van der Waals surface area contributed by atoms with Crippen LogP contribution in [0.25, 0.3) is 11.0 Å². The van der Waals surface area contributed by atoms with Gasteiger partial charge in [-0.05, 0) is 30.7 Å². The third-order valence-corrected chi connectivity index (χ3v) is 5.92. The Balaban J connectivity index is 1.60. The van der Waals surface area contributed by atoms with E-state index < -0.39 is 11.8 Å². The Morgan fingerprint density at radius 3 is 2.67 bits per heavy atom. The maximum Gasteiger partial charge on any atom is 0.413 e. The lowest BCUT2D eigenvalue weighted by atomic mass is 9.93. The predicted molar refractivity (Wildman–Crippen MR) is 123 cm³/mol. The number of fused-ring (bicyclic) bond motifs is 2. The minimum Gasteiger partial charge on any atom is -0.453 e. The number of hydrogen-bond donors (Lipinski definition) is 3. The summed E-state index contributed by atoms with van der Waals surface area (Å²) in [6.07, 6.45) is -0.646. The summed E-state index contributed by atoms with van der Waals surface area (Å²) in [5, 5.41) is 14.6. The van der Waals surface area contributed by atoms with Gasteiger partial charge >= 0.3 is 6.09 Å². The Morgan fingerprint density at radius 1 is 1.15 bits per heavy atom. The summed E-state index contributed by atoms with van der Waals surface area (Å²) in [5.74, 6) is -0.0215. The van der Waals surface area contributed by atoms with Crippen LogP contribution in [0.4, 0.5) is 10.7 Å². The van der Waals surface area contributed by atoms with Gasteiger partial charge in [-0.3, -0.25) is 15.0 Å². The molecule has 5 rings (SSSR count). The Labute approximate surface area is 189 Å². The van der Waals surface area contributed by atoms with E-state index in [1.54, 1.807) is 42.5 Å². The van der Waals surface area contributed by atoms with Crippen LogP contribution in [0.2, 0.25) is 0 Å². The number of aromatic amines is 1. The van der Waals surface area contributed by atoms with Gasteiger partial charge in [-0.2, -0.15) is 0 Å². The number of aromatic nitrogens is 2. The van der Waals surface area contributed by atoms with Crippen LogP contribution >= 0.6 is 0 Å². The average molecular weight is 442 g/mol. The Morgan fingerprint density at radius 2 is 1.91 bits per heavy atom. The van der Waals surface area contributed by atoms with Crippen molar-refractivity contribution in [2.45, 2.75) is 19.2 Å². The molecular formula is C25H22N4O4. The van der Waals surface area contributed by atoms with Gasteiger partial charge in [0.1, 0.15) is 0 Å². The van der Waals surface area contributed by atoms with Crippen LogP contribution in [0.3, 0.4) is 0 Å². The standard InChI is InChI=1S/C25H22N4O4/c1-15-7-9-16(10-8-15)14-29-22(30)18-5-3-4-6-19(18)25(29,32)17-11-12-20-21(13-17)27-23(26-20)28-24(31)33-2/h3-13,32H,14H2,1-2H3,(H2,26,27,28,31). The van der Waals surface area contributed by atoms with E-state index in [0.29, 0.717) is 27.7 Å². The molecule has 1 aliphatic rings. The number of benzene rings is 3. The van der Waals surface area contributed by atoms with Crippen LogP contribution in [0.15, 0.2) is 66.7 Å². The molecule has 2 amide bonds. The molecule has 0 bridgehead atoms. The molecule has 0 saturated heterocycles. The quantitative estimate of drug-likeness (QED) is 0.444. The maximum atomic E-state index is 13.4. The fraction of sp³-hybridized carbons (Fsp3) is 0.160. The highest BCUT2D eigenvalue weighted by atomic mass is 16.5.